The van der Waals surface area contributed by atoms with Gasteiger partial charge in [-0.25, -0.2) is 0 Å². The summed E-state index contributed by atoms with van der Waals surface area (Å²) in [6, 6.07) is 11.1. The minimum absolute atomic E-state index is 0.193. The second-order valence-electron chi connectivity index (χ2n) is 6.95. The van der Waals surface area contributed by atoms with E-state index >= 15 is 0 Å². The number of ether oxygens (including phenoxy) is 3. The number of pyridine rings is 1. The third-order valence-corrected chi connectivity index (χ3v) is 4.77. The Bertz CT molecular complexity index is 1190. The maximum Gasteiger partial charge on any atom is 0.308 e. The molecule has 0 amide bonds. The summed E-state index contributed by atoms with van der Waals surface area (Å²) in [4.78, 5) is 36.6. The van der Waals surface area contributed by atoms with Crippen LogP contribution in [-0.2, 0) is 16.1 Å². The average molecular weight is 409 g/mol. The van der Waals surface area contributed by atoms with E-state index in [1.807, 2.05) is 30.3 Å². The van der Waals surface area contributed by atoms with Gasteiger partial charge in [0.05, 0.1) is 30.1 Å². The molecular formula is C23H23NO6. The van der Waals surface area contributed by atoms with E-state index in [-0.39, 0.29) is 23.6 Å². The molecular weight excluding hydrogens is 386 g/mol. The Morgan fingerprint density at radius 3 is 2.13 bits per heavy atom. The van der Waals surface area contributed by atoms with Crippen LogP contribution in [0.4, 0.5) is 0 Å². The zero-order valence-corrected chi connectivity index (χ0v) is 17.6. The number of nitrogens with zero attached hydrogens (tertiary/aromatic N) is 1. The summed E-state index contributed by atoms with van der Waals surface area (Å²) < 4.78 is 17.9. The molecule has 7 heteroatoms. The molecule has 0 fully saturated rings. The lowest BCUT2D eigenvalue weighted by atomic mass is 10.0. The van der Waals surface area contributed by atoms with Crippen molar-refractivity contribution >= 4 is 22.8 Å². The molecule has 3 rings (SSSR count). The highest BCUT2D eigenvalue weighted by atomic mass is 16.5. The van der Waals surface area contributed by atoms with E-state index in [1.54, 1.807) is 24.5 Å². The Morgan fingerprint density at radius 1 is 0.933 bits per heavy atom. The first-order valence-electron chi connectivity index (χ1n) is 9.40. The number of rotatable bonds is 5. The molecule has 30 heavy (non-hydrogen) atoms. The fourth-order valence-corrected chi connectivity index (χ4v) is 3.46. The number of fused-ring (bicyclic) bond motifs is 1. The molecule has 0 N–H and O–H groups in total. The quantitative estimate of drug-likeness (QED) is 0.474. The molecule has 2 aromatic carbocycles. The van der Waals surface area contributed by atoms with E-state index in [4.69, 9.17) is 14.2 Å². The largest absolute Gasteiger partial charge is 0.495 e. The van der Waals surface area contributed by atoms with Gasteiger partial charge in [-0.3, -0.25) is 14.4 Å². The first-order chi connectivity index (χ1) is 14.2. The zero-order valence-electron chi connectivity index (χ0n) is 17.6. The molecule has 1 heterocycles. The molecule has 3 aromatic rings. The predicted molar refractivity (Wildman–Crippen MR) is 112 cm³/mol. The van der Waals surface area contributed by atoms with E-state index in [1.165, 1.54) is 21.0 Å². The van der Waals surface area contributed by atoms with Crippen LogP contribution in [0, 0.1) is 13.8 Å². The molecule has 0 bridgehead atoms. The van der Waals surface area contributed by atoms with E-state index in [0.717, 1.165) is 5.56 Å². The Labute approximate surface area is 173 Å². The second-order valence-corrected chi connectivity index (χ2v) is 6.95. The Balaban J connectivity index is 2.46. The van der Waals surface area contributed by atoms with Gasteiger partial charge >= 0.3 is 11.9 Å². The van der Waals surface area contributed by atoms with Gasteiger partial charge in [0, 0.05) is 25.5 Å². The van der Waals surface area contributed by atoms with Crippen LogP contribution >= 0.6 is 0 Å². The monoisotopic (exact) mass is 409 g/mol. The van der Waals surface area contributed by atoms with Crippen LogP contribution in [0.25, 0.3) is 10.9 Å². The number of esters is 2. The van der Waals surface area contributed by atoms with Crippen molar-refractivity contribution in [1.82, 2.24) is 4.57 Å². The SMILES string of the molecule is COc1c(C)c(=O)n(Cc2ccccc2)c2cc(OC(C)=O)c(C)c(OC(C)=O)c12. The summed E-state index contributed by atoms with van der Waals surface area (Å²) in [5.74, 6) is -0.355. The maximum atomic E-state index is 13.2. The average Bonchev–Trinajstić information content (AvgIpc) is 2.69. The Kier molecular flexibility index (Phi) is 5.91. The molecule has 0 radical (unpaired) electrons. The predicted octanol–water partition coefficient (Wildman–Crippen LogP) is 3.53. The standard InChI is InChI=1S/C23H23NO6/c1-13-19(29-15(3)25)11-18-20(22(13)30-16(4)26)21(28-5)14(2)23(27)24(18)12-17-9-7-6-8-10-17/h6-11H,12H2,1-5H3. The first-order valence-corrected chi connectivity index (χ1v) is 9.40. The molecule has 0 aliphatic rings. The van der Waals surface area contributed by atoms with E-state index in [0.29, 0.717) is 27.8 Å². The third kappa shape index (κ3) is 3.91. The number of benzene rings is 2. The van der Waals surface area contributed by atoms with Crippen molar-refractivity contribution in [3.63, 3.8) is 0 Å². The van der Waals surface area contributed by atoms with Gasteiger partial charge in [-0.05, 0) is 19.4 Å². The van der Waals surface area contributed by atoms with Gasteiger partial charge in [0.25, 0.3) is 5.56 Å². The van der Waals surface area contributed by atoms with Crippen LogP contribution in [0.15, 0.2) is 41.2 Å². The molecule has 0 aliphatic heterocycles. The smallest absolute Gasteiger partial charge is 0.308 e. The second kappa shape index (κ2) is 8.41. The summed E-state index contributed by atoms with van der Waals surface area (Å²) in [6.45, 7) is 6.18. The van der Waals surface area contributed by atoms with Crippen molar-refractivity contribution in [2.24, 2.45) is 0 Å². The highest BCUT2D eigenvalue weighted by molar-refractivity contribution is 5.97. The minimum atomic E-state index is -0.542. The summed E-state index contributed by atoms with van der Waals surface area (Å²) in [7, 11) is 1.45. The highest BCUT2D eigenvalue weighted by Gasteiger charge is 2.24. The summed E-state index contributed by atoms with van der Waals surface area (Å²) in [6.07, 6.45) is 0. The van der Waals surface area contributed by atoms with Crippen molar-refractivity contribution in [2.45, 2.75) is 34.2 Å². The number of methoxy groups -OCH3 is 1. The molecule has 7 nitrogen and oxygen atoms in total. The van der Waals surface area contributed by atoms with Gasteiger partial charge in [0.2, 0.25) is 0 Å². The van der Waals surface area contributed by atoms with Crippen molar-refractivity contribution in [1.29, 1.82) is 0 Å². The van der Waals surface area contributed by atoms with Gasteiger partial charge in [0.1, 0.15) is 11.5 Å². The van der Waals surface area contributed by atoms with Crippen LogP contribution < -0.4 is 19.8 Å². The van der Waals surface area contributed by atoms with Gasteiger partial charge in [-0.1, -0.05) is 30.3 Å². The van der Waals surface area contributed by atoms with E-state index in [2.05, 4.69) is 0 Å². The lowest BCUT2D eigenvalue weighted by Gasteiger charge is -2.20. The molecule has 0 saturated carbocycles. The summed E-state index contributed by atoms with van der Waals surface area (Å²) >= 11 is 0. The van der Waals surface area contributed by atoms with Crippen LogP contribution in [-0.4, -0.2) is 23.6 Å². The van der Waals surface area contributed by atoms with Gasteiger partial charge in [-0.15, -0.1) is 0 Å². The number of hydrogen-bond donors (Lipinski definition) is 0. The van der Waals surface area contributed by atoms with Crippen molar-refractivity contribution in [3.05, 3.63) is 63.4 Å². The van der Waals surface area contributed by atoms with Gasteiger partial charge in [-0.2, -0.15) is 0 Å². The fraction of sp³-hybridized carbons (Fsp3) is 0.261. The maximum absolute atomic E-state index is 13.2. The Morgan fingerprint density at radius 2 is 1.57 bits per heavy atom. The number of aromatic nitrogens is 1. The number of carbonyl (C=O) groups excluding carboxylic acids is 2. The molecule has 0 saturated heterocycles. The van der Waals surface area contributed by atoms with Crippen LogP contribution in [0.1, 0.15) is 30.5 Å². The lowest BCUT2D eigenvalue weighted by Crippen LogP contribution is -2.25. The Hall–Kier alpha value is -3.61. The molecule has 156 valence electrons. The molecule has 0 spiro atoms. The van der Waals surface area contributed by atoms with Gasteiger partial charge in [0.15, 0.2) is 5.75 Å². The summed E-state index contributed by atoms with van der Waals surface area (Å²) in [5, 5.41) is 0.467. The van der Waals surface area contributed by atoms with E-state index < -0.39 is 11.9 Å². The van der Waals surface area contributed by atoms with Gasteiger partial charge < -0.3 is 18.8 Å². The van der Waals surface area contributed by atoms with Crippen LogP contribution in [0.5, 0.6) is 17.2 Å². The van der Waals surface area contributed by atoms with E-state index in [9.17, 15) is 14.4 Å². The lowest BCUT2D eigenvalue weighted by molar-refractivity contribution is -0.132. The normalized spacial score (nSPS) is 10.7. The van der Waals surface area contributed by atoms with Crippen LogP contribution in [0.2, 0.25) is 0 Å². The fourth-order valence-electron chi connectivity index (χ4n) is 3.46. The molecule has 0 unspecified atom stereocenters. The topological polar surface area (TPSA) is 83.8 Å². The molecule has 0 aliphatic carbocycles. The van der Waals surface area contributed by atoms with Crippen molar-refractivity contribution in [2.75, 3.05) is 7.11 Å². The zero-order chi connectivity index (χ0) is 22.0. The molecule has 1 aromatic heterocycles. The highest BCUT2D eigenvalue weighted by Crippen LogP contribution is 2.42. The molecule has 0 atom stereocenters. The number of hydrogen-bond acceptors (Lipinski definition) is 6. The first kappa shape index (κ1) is 21.1. The number of carbonyl (C=O) groups is 2. The third-order valence-electron chi connectivity index (χ3n) is 4.77. The van der Waals surface area contributed by atoms with Crippen molar-refractivity contribution < 1.29 is 23.8 Å². The minimum Gasteiger partial charge on any atom is -0.495 e. The van der Waals surface area contributed by atoms with Crippen LogP contribution in [0.3, 0.4) is 0 Å². The summed E-state index contributed by atoms with van der Waals surface area (Å²) in [5.41, 5.74) is 1.93. The van der Waals surface area contributed by atoms with Crippen molar-refractivity contribution in [3.8, 4) is 17.2 Å².